The van der Waals surface area contributed by atoms with Crippen LogP contribution in [-0.2, 0) is 26.2 Å². The molecule has 2 amide bonds. The van der Waals surface area contributed by atoms with Crippen LogP contribution in [0.3, 0.4) is 0 Å². The number of anilines is 1. The highest BCUT2D eigenvalue weighted by Crippen LogP contribution is 2.27. The summed E-state index contributed by atoms with van der Waals surface area (Å²) in [6.07, 6.45) is 0. The van der Waals surface area contributed by atoms with E-state index in [2.05, 4.69) is 21.2 Å². The third-order valence-electron chi connectivity index (χ3n) is 6.13. The normalized spacial score (nSPS) is 11.9. The van der Waals surface area contributed by atoms with Crippen LogP contribution >= 0.6 is 15.9 Å². The fraction of sp³-hybridized carbons (Fsp3) is 0.286. The molecule has 0 aliphatic carbocycles. The Bertz CT molecular complexity index is 1360. The van der Waals surface area contributed by atoms with Crippen LogP contribution in [0.4, 0.5) is 5.69 Å². The molecule has 1 N–H and O–H groups in total. The summed E-state index contributed by atoms with van der Waals surface area (Å²) < 4.78 is 34.9. The van der Waals surface area contributed by atoms with E-state index in [1.54, 1.807) is 43.3 Å². The van der Waals surface area contributed by atoms with Crippen LogP contribution in [0.2, 0.25) is 0 Å². The quantitative estimate of drug-likeness (QED) is 0.349. The highest BCUT2D eigenvalue weighted by atomic mass is 79.9. The number of hydrogen-bond donors (Lipinski definition) is 1. The summed E-state index contributed by atoms with van der Waals surface area (Å²) in [5.74, 6) is -0.285. The van der Waals surface area contributed by atoms with Crippen molar-refractivity contribution >= 4 is 43.5 Å². The predicted molar refractivity (Wildman–Crippen MR) is 152 cm³/mol. The van der Waals surface area contributed by atoms with Gasteiger partial charge in [-0.15, -0.1) is 0 Å². The molecule has 0 bridgehead atoms. The van der Waals surface area contributed by atoms with Crippen LogP contribution in [0.1, 0.15) is 25.0 Å². The number of carbonyl (C=O) groups excluding carboxylic acids is 2. The molecule has 0 saturated heterocycles. The lowest BCUT2D eigenvalue weighted by atomic mass is 10.1. The minimum absolute atomic E-state index is 0.0344. The molecular weight excluding hydrogens is 570 g/mol. The lowest BCUT2D eigenvalue weighted by Crippen LogP contribution is -2.50. The minimum atomic E-state index is -4.13. The lowest BCUT2D eigenvalue weighted by Gasteiger charge is -2.32. The van der Waals surface area contributed by atoms with Gasteiger partial charge < -0.3 is 15.0 Å². The molecule has 0 radical (unpaired) electrons. The zero-order chi connectivity index (χ0) is 27.9. The van der Waals surface area contributed by atoms with Crippen molar-refractivity contribution in [2.24, 2.45) is 0 Å². The van der Waals surface area contributed by atoms with E-state index in [-0.39, 0.29) is 17.3 Å². The maximum absolute atomic E-state index is 13.8. The first kappa shape index (κ1) is 29.2. The van der Waals surface area contributed by atoms with Crippen molar-refractivity contribution in [3.05, 3.63) is 88.4 Å². The molecule has 0 aliphatic rings. The number of nitrogens with zero attached hydrogens (tertiary/aromatic N) is 2. The summed E-state index contributed by atoms with van der Waals surface area (Å²) >= 11 is 3.33. The smallest absolute Gasteiger partial charge is 0.264 e. The van der Waals surface area contributed by atoms with Gasteiger partial charge in [-0.25, -0.2) is 8.42 Å². The largest absolute Gasteiger partial charge is 0.494 e. The van der Waals surface area contributed by atoms with E-state index in [0.29, 0.717) is 18.0 Å². The second kappa shape index (κ2) is 12.9. The number of carbonyl (C=O) groups is 2. The monoisotopic (exact) mass is 601 g/mol. The maximum Gasteiger partial charge on any atom is 0.264 e. The topological polar surface area (TPSA) is 96.0 Å². The Morgan fingerprint density at radius 2 is 1.63 bits per heavy atom. The first-order valence-corrected chi connectivity index (χ1v) is 14.4. The number of sulfonamides is 1. The van der Waals surface area contributed by atoms with Gasteiger partial charge in [0.15, 0.2) is 0 Å². The van der Waals surface area contributed by atoms with Crippen LogP contribution < -0.4 is 14.4 Å². The first-order chi connectivity index (χ1) is 18.1. The molecular formula is C28H32BrN3O5S. The lowest BCUT2D eigenvalue weighted by molar-refractivity contribution is -0.139. The fourth-order valence-electron chi connectivity index (χ4n) is 3.90. The third-order valence-corrected chi connectivity index (χ3v) is 8.45. The van der Waals surface area contributed by atoms with E-state index < -0.39 is 28.5 Å². The van der Waals surface area contributed by atoms with Crippen LogP contribution in [0.15, 0.2) is 82.2 Å². The van der Waals surface area contributed by atoms with Gasteiger partial charge in [0, 0.05) is 18.1 Å². The van der Waals surface area contributed by atoms with Crippen molar-refractivity contribution < 1.29 is 22.7 Å². The van der Waals surface area contributed by atoms with E-state index in [1.165, 1.54) is 24.1 Å². The zero-order valence-electron chi connectivity index (χ0n) is 21.8. The van der Waals surface area contributed by atoms with Crippen molar-refractivity contribution in [2.75, 3.05) is 24.5 Å². The van der Waals surface area contributed by atoms with Crippen molar-refractivity contribution in [1.29, 1.82) is 0 Å². The Kier molecular flexibility index (Phi) is 9.93. The Morgan fingerprint density at radius 1 is 1.00 bits per heavy atom. The van der Waals surface area contributed by atoms with Crippen LogP contribution in [-0.4, -0.2) is 51.4 Å². The number of halogens is 1. The Balaban J connectivity index is 2.04. The Hall–Kier alpha value is -3.37. The van der Waals surface area contributed by atoms with Gasteiger partial charge in [-0.2, -0.15) is 0 Å². The molecule has 0 spiro atoms. The zero-order valence-corrected chi connectivity index (χ0v) is 24.3. The highest BCUT2D eigenvalue weighted by molar-refractivity contribution is 9.10. The number of aryl methyl sites for hydroxylation is 1. The fourth-order valence-corrected chi connectivity index (χ4v) is 5.58. The molecule has 38 heavy (non-hydrogen) atoms. The summed E-state index contributed by atoms with van der Waals surface area (Å²) in [5, 5.41) is 2.58. The van der Waals surface area contributed by atoms with E-state index in [1.807, 2.05) is 38.1 Å². The third kappa shape index (κ3) is 6.93. The van der Waals surface area contributed by atoms with Crippen molar-refractivity contribution in [2.45, 2.75) is 38.3 Å². The van der Waals surface area contributed by atoms with E-state index in [9.17, 15) is 18.0 Å². The summed E-state index contributed by atoms with van der Waals surface area (Å²) in [5.41, 5.74) is 2.12. The minimum Gasteiger partial charge on any atom is -0.494 e. The SMILES string of the molecule is CCOc1ccc(N(CC(=O)N(Cc2ccccc2C)[C@@H](C)C(=O)NC)S(=O)(=O)c2ccc(Br)cc2)cc1. The van der Waals surface area contributed by atoms with E-state index in [4.69, 9.17) is 4.74 Å². The van der Waals surface area contributed by atoms with Crippen molar-refractivity contribution in [3.8, 4) is 5.75 Å². The summed E-state index contributed by atoms with van der Waals surface area (Å²) in [6.45, 7) is 5.51. The number of nitrogens with one attached hydrogen (secondary N) is 1. The predicted octanol–water partition coefficient (Wildman–Crippen LogP) is 4.51. The molecule has 8 nitrogen and oxygen atoms in total. The highest BCUT2D eigenvalue weighted by Gasteiger charge is 2.32. The second-order valence-electron chi connectivity index (χ2n) is 8.63. The molecule has 3 aromatic rings. The average molecular weight is 603 g/mol. The molecule has 1 atom stereocenters. The molecule has 0 fully saturated rings. The van der Waals surface area contributed by atoms with Crippen LogP contribution in [0.25, 0.3) is 0 Å². The molecule has 0 saturated carbocycles. The number of benzene rings is 3. The van der Waals surface area contributed by atoms with Crippen molar-refractivity contribution in [3.63, 3.8) is 0 Å². The average Bonchev–Trinajstić information content (AvgIpc) is 2.91. The number of hydrogen-bond acceptors (Lipinski definition) is 5. The molecule has 3 aromatic carbocycles. The molecule has 202 valence electrons. The van der Waals surface area contributed by atoms with Gasteiger partial charge in [0.2, 0.25) is 11.8 Å². The van der Waals surface area contributed by atoms with Gasteiger partial charge in [0.25, 0.3) is 10.0 Å². The van der Waals surface area contributed by atoms with E-state index >= 15 is 0 Å². The van der Waals surface area contributed by atoms with Crippen LogP contribution in [0, 0.1) is 6.92 Å². The molecule has 0 unspecified atom stereocenters. The van der Waals surface area contributed by atoms with Gasteiger partial charge in [-0.05, 0) is 80.4 Å². The molecule has 10 heteroatoms. The van der Waals surface area contributed by atoms with E-state index in [0.717, 1.165) is 19.9 Å². The standard InChI is InChI=1S/C28H32BrN3O5S/c1-5-37-25-14-12-24(13-15-25)32(38(35,36)26-16-10-23(29)11-17-26)19-27(33)31(21(3)28(34)30-4)18-22-9-7-6-8-20(22)2/h6-17,21H,5,18-19H2,1-4H3,(H,30,34)/t21-/m0/s1. The molecule has 0 aliphatic heterocycles. The summed E-state index contributed by atoms with van der Waals surface area (Å²) in [7, 11) is -2.63. The first-order valence-electron chi connectivity index (χ1n) is 12.1. The van der Waals surface area contributed by atoms with Gasteiger partial charge >= 0.3 is 0 Å². The van der Waals surface area contributed by atoms with Gasteiger partial charge in [-0.3, -0.25) is 13.9 Å². The molecule has 0 heterocycles. The Morgan fingerprint density at radius 3 is 2.21 bits per heavy atom. The van der Waals surface area contributed by atoms with Gasteiger partial charge in [-0.1, -0.05) is 40.2 Å². The van der Waals surface area contributed by atoms with Crippen molar-refractivity contribution in [1.82, 2.24) is 10.2 Å². The summed E-state index contributed by atoms with van der Waals surface area (Å²) in [4.78, 5) is 27.8. The number of amides is 2. The van der Waals surface area contributed by atoms with Crippen LogP contribution in [0.5, 0.6) is 5.75 Å². The second-order valence-corrected chi connectivity index (χ2v) is 11.4. The number of likely N-dealkylation sites (N-methyl/N-ethyl adjacent to an activating group) is 1. The van der Waals surface area contributed by atoms with Gasteiger partial charge in [0.05, 0.1) is 17.2 Å². The number of rotatable bonds is 11. The van der Waals surface area contributed by atoms with Gasteiger partial charge in [0.1, 0.15) is 18.3 Å². The number of ether oxygens (including phenoxy) is 1. The molecule has 3 rings (SSSR count). The Labute approximate surface area is 232 Å². The summed E-state index contributed by atoms with van der Waals surface area (Å²) in [6, 6.07) is 19.5. The maximum atomic E-state index is 13.8. The molecule has 0 aromatic heterocycles.